The second-order valence-electron chi connectivity index (χ2n) is 6.84. The number of ether oxygens (including phenoxy) is 2. The van der Waals surface area contributed by atoms with E-state index in [0.29, 0.717) is 11.5 Å². The average Bonchev–Trinajstić information content (AvgIpc) is 3.10. The normalized spacial score (nSPS) is 14.2. The smallest absolute Gasteiger partial charge is 0.348 e. The van der Waals surface area contributed by atoms with Crippen LogP contribution < -0.4 is 10.1 Å². The van der Waals surface area contributed by atoms with E-state index in [1.165, 1.54) is 11.3 Å². The van der Waals surface area contributed by atoms with Crippen LogP contribution in [0.5, 0.6) is 5.75 Å². The second kappa shape index (κ2) is 7.41. The van der Waals surface area contributed by atoms with Crippen LogP contribution in [0, 0.1) is 17.2 Å². The highest BCUT2D eigenvalue weighted by molar-refractivity contribution is 7.17. The monoisotopic (exact) mass is 384 g/mol. The molecule has 0 aliphatic carbocycles. The molecule has 0 unspecified atom stereocenters. The molecule has 0 saturated heterocycles. The van der Waals surface area contributed by atoms with Gasteiger partial charge >= 0.3 is 5.97 Å². The first-order valence-corrected chi connectivity index (χ1v) is 9.40. The summed E-state index contributed by atoms with van der Waals surface area (Å²) in [5.41, 5.74) is 0.862. The molecule has 0 radical (unpaired) electrons. The number of hydrogen-bond acceptors (Lipinski definition) is 6. The fraction of sp³-hybridized carbons (Fsp3) is 0.350. The topological polar surface area (TPSA) is 88.4 Å². The summed E-state index contributed by atoms with van der Waals surface area (Å²) in [7, 11) is 0. The summed E-state index contributed by atoms with van der Waals surface area (Å²) in [4.78, 5) is 25.8. The van der Waals surface area contributed by atoms with Crippen LogP contribution in [0.1, 0.15) is 36.0 Å². The maximum atomic E-state index is 12.4. The van der Waals surface area contributed by atoms with E-state index >= 15 is 0 Å². The summed E-state index contributed by atoms with van der Waals surface area (Å²) in [6.45, 7) is 5.28. The lowest BCUT2D eigenvalue weighted by Crippen LogP contribution is -2.50. The van der Waals surface area contributed by atoms with E-state index in [9.17, 15) is 14.9 Å². The Balaban J connectivity index is 1.66. The number of carbonyl (C=O) groups excluding carboxylic acids is 2. The van der Waals surface area contributed by atoms with E-state index in [0.717, 1.165) is 21.8 Å². The molecular weight excluding hydrogens is 364 g/mol. The Kier molecular flexibility index (Phi) is 5.19. The summed E-state index contributed by atoms with van der Waals surface area (Å²) >= 11 is 1.32. The molecule has 140 valence electrons. The van der Waals surface area contributed by atoms with Crippen LogP contribution in [0.2, 0.25) is 0 Å². The summed E-state index contributed by atoms with van der Waals surface area (Å²) in [6.07, 6.45) is 0. The molecule has 6 nitrogen and oxygen atoms in total. The van der Waals surface area contributed by atoms with E-state index in [2.05, 4.69) is 11.4 Å². The van der Waals surface area contributed by atoms with Gasteiger partial charge in [-0.15, -0.1) is 11.3 Å². The summed E-state index contributed by atoms with van der Waals surface area (Å²) in [5.74, 6) is -0.358. The average molecular weight is 384 g/mol. The minimum absolute atomic E-state index is 0.0776. The van der Waals surface area contributed by atoms with Gasteiger partial charge in [-0.3, -0.25) is 4.79 Å². The Morgan fingerprint density at radius 3 is 2.85 bits per heavy atom. The number of esters is 1. The van der Waals surface area contributed by atoms with Crippen LogP contribution >= 0.6 is 11.3 Å². The first kappa shape index (κ1) is 18.9. The Bertz CT molecular complexity index is 928. The van der Waals surface area contributed by atoms with Gasteiger partial charge in [-0.25, -0.2) is 4.79 Å². The number of nitrogens with zero attached hydrogens (tertiary/aromatic N) is 1. The molecule has 1 aliphatic heterocycles. The number of fused-ring (bicyclic) bond motifs is 3. The van der Waals surface area contributed by atoms with Crippen molar-refractivity contribution in [3.8, 4) is 22.3 Å². The van der Waals surface area contributed by atoms with Gasteiger partial charge in [0.15, 0.2) is 6.61 Å². The van der Waals surface area contributed by atoms with E-state index in [1.807, 2.05) is 38.1 Å². The van der Waals surface area contributed by atoms with Gasteiger partial charge < -0.3 is 14.8 Å². The van der Waals surface area contributed by atoms with Crippen LogP contribution in [-0.4, -0.2) is 24.0 Å². The van der Waals surface area contributed by atoms with Crippen molar-refractivity contribution in [2.24, 2.45) is 5.92 Å². The molecule has 1 aliphatic rings. The van der Waals surface area contributed by atoms with Crippen LogP contribution in [0.15, 0.2) is 30.3 Å². The maximum Gasteiger partial charge on any atom is 0.348 e. The zero-order valence-electron chi connectivity index (χ0n) is 15.4. The van der Waals surface area contributed by atoms with Crippen molar-refractivity contribution >= 4 is 23.2 Å². The highest BCUT2D eigenvalue weighted by atomic mass is 32.1. The van der Waals surface area contributed by atoms with E-state index < -0.39 is 24.0 Å². The highest BCUT2D eigenvalue weighted by Gasteiger charge is 2.30. The molecule has 0 spiro atoms. The fourth-order valence-electron chi connectivity index (χ4n) is 2.63. The van der Waals surface area contributed by atoms with Crippen LogP contribution in [0.3, 0.4) is 0 Å². The van der Waals surface area contributed by atoms with Crippen molar-refractivity contribution in [3.05, 3.63) is 40.8 Å². The number of benzene rings is 1. The van der Waals surface area contributed by atoms with Crippen LogP contribution in [0.4, 0.5) is 0 Å². The zero-order chi connectivity index (χ0) is 19.6. The number of hydrogen-bond donors (Lipinski definition) is 1. The second-order valence-corrected chi connectivity index (χ2v) is 7.90. The molecule has 0 bridgehead atoms. The van der Waals surface area contributed by atoms with Gasteiger partial charge in [0.25, 0.3) is 5.91 Å². The van der Waals surface area contributed by atoms with Crippen molar-refractivity contribution in [1.29, 1.82) is 5.26 Å². The zero-order valence-corrected chi connectivity index (χ0v) is 16.2. The van der Waals surface area contributed by atoms with E-state index in [4.69, 9.17) is 9.47 Å². The molecule has 1 aromatic heterocycles. The fourth-order valence-corrected chi connectivity index (χ4v) is 3.72. The van der Waals surface area contributed by atoms with Crippen molar-refractivity contribution in [2.45, 2.75) is 32.9 Å². The van der Waals surface area contributed by atoms with Crippen molar-refractivity contribution in [3.63, 3.8) is 0 Å². The van der Waals surface area contributed by atoms with Gasteiger partial charge in [0, 0.05) is 16.0 Å². The Hall–Kier alpha value is -2.85. The number of para-hydroxylation sites is 1. The van der Waals surface area contributed by atoms with Gasteiger partial charge in [-0.2, -0.15) is 5.26 Å². The van der Waals surface area contributed by atoms with Crippen molar-refractivity contribution < 1.29 is 19.1 Å². The predicted octanol–water partition coefficient (Wildman–Crippen LogP) is 3.52. The number of thiophene rings is 1. The number of nitrogens with one attached hydrogen (secondary N) is 1. The number of rotatable bonds is 5. The highest BCUT2D eigenvalue weighted by Crippen LogP contribution is 2.42. The quantitative estimate of drug-likeness (QED) is 0.797. The molecular formula is C20H20N2O4S. The van der Waals surface area contributed by atoms with Gasteiger partial charge in [-0.05, 0) is 31.0 Å². The number of amides is 1. The van der Waals surface area contributed by atoms with Gasteiger partial charge in [-0.1, -0.05) is 26.0 Å². The van der Waals surface area contributed by atoms with E-state index in [-0.39, 0.29) is 5.92 Å². The molecule has 3 rings (SSSR count). The Morgan fingerprint density at radius 2 is 2.15 bits per heavy atom. The van der Waals surface area contributed by atoms with Crippen LogP contribution in [-0.2, 0) is 16.1 Å². The summed E-state index contributed by atoms with van der Waals surface area (Å²) in [6, 6.07) is 11.5. The standard InChI is InChI=1S/C20H20N2O4S/c1-12(2)20(3,11-21)22-17(23)10-26-19(24)16-8-13-9-25-15-7-5-4-6-14(15)18(13)27-16/h4-8,12H,9-10H2,1-3H3,(H,22,23)/t20-/m0/s1. The van der Waals surface area contributed by atoms with Gasteiger partial charge in [0.2, 0.25) is 0 Å². The molecule has 2 heterocycles. The molecule has 1 atom stereocenters. The third kappa shape index (κ3) is 3.81. The number of carbonyl (C=O) groups is 2. The molecule has 0 fully saturated rings. The van der Waals surface area contributed by atoms with Crippen molar-refractivity contribution in [2.75, 3.05) is 6.61 Å². The third-order valence-electron chi connectivity index (χ3n) is 4.65. The van der Waals surface area contributed by atoms with Gasteiger partial charge in [0.05, 0.1) is 6.07 Å². The first-order valence-electron chi connectivity index (χ1n) is 8.58. The Labute approximate surface area is 161 Å². The van der Waals surface area contributed by atoms with Crippen LogP contribution in [0.25, 0.3) is 10.4 Å². The summed E-state index contributed by atoms with van der Waals surface area (Å²) in [5, 5.41) is 11.9. The van der Waals surface area contributed by atoms with Gasteiger partial charge in [0.1, 0.15) is 22.8 Å². The predicted molar refractivity (Wildman–Crippen MR) is 101 cm³/mol. The molecule has 1 amide bonds. The lowest BCUT2D eigenvalue weighted by Gasteiger charge is -2.27. The SMILES string of the molecule is CC(C)[C@](C)(C#N)NC(=O)COC(=O)c1cc2c(s1)-c1ccccc1OC2. The van der Waals surface area contributed by atoms with E-state index in [1.54, 1.807) is 13.0 Å². The minimum Gasteiger partial charge on any atom is -0.488 e. The number of nitriles is 1. The molecule has 0 saturated carbocycles. The summed E-state index contributed by atoms with van der Waals surface area (Å²) < 4.78 is 10.8. The molecule has 2 aromatic rings. The molecule has 7 heteroatoms. The van der Waals surface area contributed by atoms with Crippen molar-refractivity contribution in [1.82, 2.24) is 5.32 Å². The Morgan fingerprint density at radius 1 is 1.41 bits per heavy atom. The maximum absolute atomic E-state index is 12.4. The molecule has 1 aromatic carbocycles. The largest absolute Gasteiger partial charge is 0.488 e. The minimum atomic E-state index is -1.01. The molecule has 1 N–H and O–H groups in total. The first-order chi connectivity index (χ1) is 12.8. The molecule has 27 heavy (non-hydrogen) atoms. The lowest BCUT2D eigenvalue weighted by molar-refractivity contribution is -0.125. The lowest BCUT2D eigenvalue weighted by atomic mass is 9.90. The third-order valence-corrected chi connectivity index (χ3v) is 5.84.